The molecule has 1 fully saturated rings. The maximum atomic E-state index is 12.2. The van der Waals surface area contributed by atoms with Gasteiger partial charge in [0.05, 0.1) is 7.11 Å². The Balaban J connectivity index is 1.96. The zero-order chi connectivity index (χ0) is 13.8. The van der Waals surface area contributed by atoms with E-state index in [2.05, 4.69) is 5.32 Å². The van der Waals surface area contributed by atoms with Crippen LogP contribution in [-0.2, 0) is 0 Å². The number of benzene rings is 1. The smallest absolute Gasteiger partial charge is 0.322 e. The molecule has 0 spiro atoms. The van der Waals surface area contributed by atoms with E-state index in [1.807, 2.05) is 36.1 Å². The number of rotatable bonds is 2. The van der Waals surface area contributed by atoms with Gasteiger partial charge in [-0.3, -0.25) is 0 Å². The summed E-state index contributed by atoms with van der Waals surface area (Å²) >= 11 is 0. The van der Waals surface area contributed by atoms with E-state index in [1.54, 1.807) is 7.11 Å². The van der Waals surface area contributed by atoms with Crippen molar-refractivity contribution < 1.29 is 9.53 Å². The van der Waals surface area contributed by atoms with Crippen LogP contribution in [0.3, 0.4) is 0 Å². The highest BCUT2D eigenvalue weighted by molar-refractivity contribution is 5.89. The van der Waals surface area contributed by atoms with Crippen molar-refractivity contribution in [2.45, 2.75) is 31.8 Å². The Kier molecular flexibility index (Phi) is 4.27. The Morgan fingerprint density at radius 1 is 1.42 bits per heavy atom. The third-order valence-corrected chi connectivity index (χ3v) is 3.52. The number of ether oxygens (including phenoxy) is 1. The number of nitrogens with zero attached hydrogens (tertiary/aromatic N) is 1. The number of amides is 2. The maximum absolute atomic E-state index is 12.2. The van der Waals surface area contributed by atoms with Crippen LogP contribution in [0.1, 0.15) is 19.8 Å². The molecule has 2 amide bonds. The summed E-state index contributed by atoms with van der Waals surface area (Å²) in [7, 11) is 1.62. The number of anilines is 1. The molecular weight excluding hydrogens is 242 g/mol. The Morgan fingerprint density at radius 3 is 2.68 bits per heavy atom. The molecular formula is C14H21N3O2. The van der Waals surface area contributed by atoms with Crippen LogP contribution in [0.15, 0.2) is 24.3 Å². The second-order valence-electron chi connectivity index (χ2n) is 4.99. The van der Waals surface area contributed by atoms with E-state index in [0.717, 1.165) is 24.3 Å². The molecule has 1 heterocycles. The second-order valence-corrected chi connectivity index (χ2v) is 4.99. The van der Waals surface area contributed by atoms with Crippen molar-refractivity contribution in [1.29, 1.82) is 0 Å². The average Bonchev–Trinajstić information content (AvgIpc) is 2.39. The largest absolute Gasteiger partial charge is 0.497 e. The van der Waals surface area contributed by atoms with Gasteiger partial charge in [0.1, 0.15) is 5.75 Å². The number of urea groups is 1. The molecule has 1 aromatic rings. The predicted octanol–water partition coefficient (Wildman–Crippen LogP) is 2.04. The van der Waals surface area contributed by atoms with E-state index in [9.17, 15) is 4.79 Å². The molecule has 104 valence electrons. The van der Waals surface area contributed by atoms with Crippen molar-refractivity contribution in [3.8, 4) is 5.75 Å². The van der Waals surface area contributed by atoms with E-state index < -0.39 is 0 Å². The van der Waals surface area contributed by atoms with Crippen LogP contribution in [0.25, 0.3) is 0 Å². The molecule has 1 saturated heterocycles. The van der Waals surface area contributed by atoms with Gasteiger partial charge in [-0.1, -0.05) is 0 Å². The molecule has 0 bridgehead atoms. The number of hydrogen-bond acceptors (Lipinski definition) is 3. The Labute approximate surface area is 113 Å². The molecule has 0 aromatic heterocycles. The summed E-state index contributed by atoms with van der Waals surface area (Å²) in [6, 6.07) is 7.64. The van der Waals surface area contributed by atoms with E-state index >= 15 is 0 Å². The number of likely N-dealkylation sites (tertiary alicyclic amines) is 1. The molecule has 0 saturated carbocycles. The van der Waals surface area contributed by atoms with Gasteiger partial charge in [-0.25, -0.2) is 4.79 Å². The van der Waals surface area contributed by atoms with E-state index in [1.165, 1.54) is 0 Å². The number of carbonyl (C=O) groups is 1. The molecule has 1 aliphatic rings. The lowest BCUT2D eigenvalue weighted by atomic mass is 10.00. The highest BCUT2D eigenvalue weighted by Gasteiger charge is 2.26. The van der Waals surface area contributed by atoms with E-state index in [4.69, 9.17) is 10.5 Å². The molecule has 0 aliphatic carbocycles. The van der Waals surface area contributed by atoms with Crippen LogP contribution in [0.2, 0.25) is 0 Å². The third-order valence-electron chi connectivity index (χ3n) is 3.52. The fourth-order valence-electron chi connectivity index (χ4n) is 2.38. The molecule has 0 radical (unpaired) electrons. The molecule has 5 nitrogen and oxygen atoms in total. The first-order valence-electron chi connectivity index (χ1n) is 6.57. The molecule has 5 heteroatoms. The first-order valence-corrected chi connectivity index (χ1v) is 6.57. The fraction of sp³-hybridized carbons (Fsp3) is 0.500. The SMILES string of the molecule is COc1ccc(NC(=O)N2CCC(N)CC2C)cc1. The fourth-order valence-corrected chi connectivity index (χ4v) is 2.38. The van der Waals surface area contributed by atoms with Gasteiger partial charge in [-0.15, -0.1) is 0 Å². The summed E-state index contributed by atoms with van der Waals surface area (Å²) in [6.45, 7) is 2.75. The van der Waals surface area contributed by atoms with Crippen LogP contribution < -0.4 is 15.8 Å². The lowest BCUT2D eigenvalue weighted by Crippen LogP contribution is -2.49. The summed E-state index contributed by atoms with van der Waals surface area (Å²) in [5, 5.41) is 2.90. The van der Waals surface area contributed by atoms with Crippen LogP contribution in [0.4, 0.5) is 10.5 Å². The van der Waals surface area contributed by atoms with Gasteiger partial charge in [-0.2, -0.15) is 0 Å². The summed E-state index contributed by atoms with van der Waals surface area (Å²) in [5.41, 5.74) is 6.67. The maximum Gasteiger partial charge on any atom is 0.322 e. The molecule has 2 atom stereocenters. The number of hydrogen-bond donors (Lipinski definition) is 2. The minimum absolute atomic E-state index is 0.0652. The molecule has 1 aliphatic heterocycles. The highest BCUT2D eigenvalue weighted by Crippen LogP contribution is 2.19. The van der Waals surface area contributed by atoms with Gasteiger partial charge in [0.2, 0.25) is 0 Å². The standard InChI is InChI=1S/C14H21N3O2/c1-10-9-11(15)7-8-17(10)14(18)16-12-3-5-13(19-2)6-4-12/h3-6,10-11H,7-9,15H2,1-2H3,(H,16,18). The molecule has 19 heavy (non-hydrogen) atoms. The topological polar surface area (TPSA) is 67.6 Å². The normalized spacial score (nSPS) is 23.0. The van der Waals surface area contributed by atoms with Gasteiger partial charge in [0.15, 0.2) is 0 Å². The molecule has 3 N–H and O–H groups in total. The summed E-state index contributed by atoms with van der Waals surface area (Å²) in [6.07, 6.45) is 1.72. The lowest BCUT2D eigenvalue weighted by Gasteiger charge is -2.36. The second kappa shape index (κ2) is 5.93. The Morgan fingerprint density at radius 2 is 2.11 bits per heavy atom. The number of methoxy groups -OCH3 is 1. The minimum atomic E-state index is -0.0652. The third kappa shape index (κ3) is 3.38. The quantitative estimate of drug-likeness (QED) is 0.858. The minimum Gasteiger partial charge on any atom is -0.497 e. The van der Waals surface area contributed by atoms with Crippen LogP contribution >= 0.6 is 0 Å². The van der Waals surface area contributed by atoms with Gasteiger partial charge in [-0.05, 0) is 44.0 Å². The van der Waals surface area contributed by atoms with E-state index in [0.29, 0.717) is 6.54 Å². The molecule has 2 unspecified atom stereocenters. The van der Waals surface area contributed by atoms with Gasteiger partial charge in [0, 0.05) is 24.3 Å². The Hall–Kier alpha value is -1.75. The highest BCUT2D eigenvalue weighted by atomic mass is 16.5. The summed E-state index contributed by atoms with van der Waals surface area (Å²) in [5.74, 6) is 0.773. The number of piperidine rings is 1. The number of nitrogens with one attached hydrogen (secondary N) is 1. The zero-order valence-corrected chi connectivity index (χ0v) is 11.4. The van der Waals surface area contributed by atoms with Crippen molar-refractivity contribution in [1.82, 2.24) is 4.90 Å². The van der Waals surface area contributed by atoms with Gasteiger partial charge < -0.3 is 20.7 Å². The monoisotopic (exact) mass is 263 g/mol. The summed E-state index contributed by atoms with van der Waals surface area (Å²) in [4.78, 5) is 14.0. The first kappa shape index (κ1) is 13.7. The average molecular weight is 263 g/mol. The van der Waals surface area contributed by atoms with E-state index in [-0.39, 0.29) is 18.1 Å². The summed E-state index contributed by atoms with van der Waals surface area (Å²) < 4.78 is 5.08. The van der Waals surface area contributed by atoms with Crippen LogP contribution in [-0.4, -0.2) is 36.7 Å². The number of nitrogens with two attached hydrogens (primary N) is 1. The van der Waals surface area contributed by atoms with Crippen molar-refractivity contribution >= 4 is 11.7 Å². The number of carbonyl (C=O) groups excluding carboxylic acids is 1. The van der Waals surface area contributed by atoms with Gasteiger partial charge in [0.25, 0.3) is 0 Å². The van der Waals surface area contributed by atoms with Crippen molar-refractivity contribution in [3.63, 3.8) is 0 Å². The Bertz CT molecular complexity index is 433. The van der Waals surface area contributed by atoms with Crippen molar-refractivity contribution in [3.05, 3.63) is 24.3 Å². The first-order chi connectivity index (χ1) is 9.10. The van der Waals surface area contributed by atoms with Gasteiger partial charge >= 0.3 is 6.03 Å². The molecule has 1 aromatic carbocycles. The lowest BCUT2D eigenvalue weighted by molar-refractivity contribution is 0.163. The van der Waals surface area contributed by atoms with Crippen molar-refractivity contribution in [2.24, 2.45) is 5.73 Å². The molecule has 2 rings (SSSR count). The van der Waals surface area contributed by atoms with Crippen LogP contribution in [0.5, 0.6) is 5.75 Å². The van der Waals surface area contributed by atoms with Crippen LogP contribution in [0, 0.1) is 0 Å². The van der Waals surface area contributed by atoms with Crippen molar-refractivity contribution in [2.75, 3.05) is 19.0 Å². The predicted molar refractivity (Wildman–Crippen MR) is 75.4 cm³/mol. The zero-order valence-electron chi connectivity index (χ0n) is 11.4.